The topological polar surface area (TPSA) is 146 Å². The summed E-state index contributed by atoms with van der Waals surface area (Å²) in [7, 11) is 0. The Morgan fingerprint density at radius 2 is 2.07 bits per heavy atom. The predicted octanol–water partition coefficient (Wildman–Crippen LogP) is 2.87. The lowest BCUT2D eigenvalue weighted by Crippen LogP contribution is -2.16. The fraction of sp³-hybridized carbons (Fsp3) is 0.176. The summed E-state index contributed by atoms with van der Waals surface area (Å²) in [5.41, 5.74) is 12.0. The molecule has 0 aromatic carbocycles. The van der Waals surface area contributed by atoms with E-state index in [9.17, 15) is 9.59 Å². The van der Waals surface area contributed by atoms with E-state index in [0.717, 1.165) is 11.8 Å². The zero-order chi connectivity index (χ0) is 20.1. The Hall–Kier alpha value is -3.05. The number of aromatic nitrogens is 2. The Balaban J connectivity index is 1.75. The second-order valence-corrected chi connectivity index (χ2v) is 7.21. The first kappa shape index (κ1) is 19.7. The molecule has 11 heteroatoms. The molecule has 0 aliphatic rings. The van der Waals surface area contributed by atoms with Gasteiger partial charge in [0.1, 0.15) is 28.0 Å². The quantitative estimate of drug-likeness (QED) is 0.299. The van der Waals surface area contributed by atoms with E-state index >= 15 is 0 Å². The molecule has 3 aromatic rings. The summed E-state index contributed by atoms with van der Waals surface area (Å²) in [5.74, 6) is 0.0950. The van der Waals surface area contributed by atoms with Crippen LogP contribution in [0.2, 0.25) is 0 Å². The second kappa shape index (κ2) is 8.76. The van der Waals surface area contributed by atoms with Crippen molar-refractivity contribution in [1.82, 2.24) is 9.97 Å². The molecule has 5 N–H and O–H groups in total. The van der Waals surface area contributed by atoms with Crippen LogP contribution in [-0.2, 0) is 9.53 Å². The highest BCUT2D eigenvalue weighted by Crippen LogP contribution is 2.36. The summed E-state index contributed by atoms with van der Waals surface area (Å²) < 4.78 is 10.5. The molecule has 0 aliphatic heterocycles. The van der Waals surface area contributed by atoms with Crippen LogP contribution < -0.4 is 16.8 Å². The van der Waals surface area contributed by atoms with E-state index in [1.54, 1.807) is 24.4 Å². The molecule has 9 nitrogen and oxygen atoms in total. The molecule has 0 fully saturated rings. The first-order valence-electron chi connectivity index (χ1n) is 8.13. The van der Waals surface area contributed by atoms with Crippen LogP contribution in [0.5, 0.6) is 0 Å². The lowest BCUT2D eigenvalue weighted by atomic mass is 10.1. The minimum absolute atomic E-state index is 0.0130. The van der Waals surface area contributed by atoms with Crippen molar-refractivity contribution in [2.45, 2.75) is 12.1 Å². The smallest absolute Gasteiger partial charge is 0.341 e. The molecule has 0 saturated carbocycles. The SMILES string of the molecule is CCOC(=O)c1c(-c2ccco2)csc1NC(=O)CSc1nc(N)cc(N)n1. The number of esters is 1. The summed E-state index contributed by atoms with van der Waals surface area (Å²) in [4.78, 5) is 32.8. The van der Waals surface area contributed by atoms with E-state index in [-0.39, 0.29) is 35.5 Å². The zero-order valence-corrected chi connectivity index (χ0v) is 16.4. The Kier molecular flexibility index (Phi) is 6.16. The summed E-state index contributed by atoms with van der Waals surface area (Å²) in [6.45, 7) is 1.92. The first-order chi connectivity index (χ1) is 13.5. The lowest BCUT2D eigenvalue weighted by Gasteiger charge is -2.08. The summed E-state index contributed by atoms with van der Waals surface area (Å²) in [5, 5.41) is 5.13. The standard InChI is InChI=1S/C17H17N5O4S2/c1-2-25-16(24)14-9(10-4-3-5-26-10)7-27-15(14)22-13(23)8-28-17-20-11(18)6-12(19)21-17/h3-7H,2,8H2,1H3,(H,22,23)(H4,18,19,20,21). The van der Waals surface area contributed by atoms with Gasteiger partial charge in [-0.15, -0.1) is 11.3 Å². The van der Waals surface area contributed by atoms with Crippen molar-refractivity contribution in [3.8, 4) is 11.3 Å². The molecule has 28 heavy (non-hydrogen) atoms. The van der Waals surface area contributed by atoms with Crippen molar-refractivity contribution < 1.29 is 18.7 Å². The number of nitrogen functional groups attached to an aromatic ring is 2. The number of thioether (sulfide) groups is 1. The molecule has 1 amide bonds. The molecule has 0 spiro atoms. The van der Waals surface area contributed by atoms with E-state index in [1.807, 2.05) is 0 Å². The van der Waals surface area contributed by atoms with Gasteiger partial charge < -0.3 is 25.9 Å². The predicted molar refractivity (Wildman–Crippen MR) is 108 cm³/mol. The number of amides is 1. The molecule has 3 rings (SSSR count). The normalized spacial score (nSPS) is 10.6. The molecule has 0 unspecified atom stereocenters. The van der Waals surface area contributed by atoms with Crippen LogP contribution in [-0.4, -0.2) is 34.2 Å². The Morgan fingerprint density at radius 1 is 1.32 bits per heavy atom. The second-order valence-electron chi connectivity index (χ2n) is 5.39. The van der Waals surface area contributed by atoms with Gasteiger partial charge in [-0.25, -0.2) is 14.8 Å². The Labute approximate surface area is 168 Å². The molecular weight excluding hydrogens is 402 g/mol. The Morgan fingerprint density at radius 3 is 2.71 bits per heavy atom. The van der Waals surface area contributed by atoms with Gasteiger partial charge in [0, 0.05) is 17.0 Å². The van der Waals surface area contributed by atoms with Crippen LogP contribution in [0.15, 0.2) is 39.4 Å². The zero-order valence-electron chi connectivity index (χ0n) is 14.8. The number of carbonyl (C=O) groups excluding carboxylic acids is 2. The van der Waals surface area contributed by atoms with Gasteiger partial charge in [-0.3, -0.25) is 4.79 Å². The Bertz CT molecular complexity index is 967. The minimum Gasteiger partial charge on any atom is -0.464 e. The number of nitrogens with one attached hydrogen (secondary N) is 1. The van der Waals surface area contributed by atoms with E-state index in [1.165, 1.54) is 23.7 Å². The average molecular weight is 419 g/mol. The first-order valence-corrected chi connectivity index (χ1v) is 9.99. The van der Waals surface area contributed by atoms with E-state index in [2.05, 4.69) is 15.3 Å². The number of anilines is 3. The molecule has 0 saturated heterocycles. The third-order valence-corrected chi connectivity index (χ3v) is 5.13. The number of nitrogens with zero attached hydrogens (tertiary/aromatic N) is 2. The summed E-state index contributed by atoms with van der Waals surface area (Å²) in [6.07, 6.45) is 1.51. The van der Waals surface area contributed by atoms with Crippen molar-refractivity contribution in [3.63, 3.8) is 0 Å². The van der Waals surface area contributed by atoms with Crippen LogP contribution in [0.3, 0.4) is 0 Å². The third-order valence-electron chi connectivity index (χ3n) is 3.39. The van der Waals surface area contributed by atoms with Crippen molar-refractivity contribution in [1.29, 1.82) is 0 Å². The van der Waals surface area contributed by atoms with Gasteiger partial charge in [0.05, 0.1) is 18.6 Å². The highest BCUT2D eigenvalue weighted by molar-refractivity contribution is 7.99. The molecule has 0 aliphatic carbocycles. The molecule has 0 radical (unpaired) electrons. The van der Waals surface area contributed by atoms with Crippen LogP contribution in [0.4, 0.5) is 16.6 Å². The molecule has 0 bridgehead atoms. The van der Waals surface area contributed by atoms with Crippen molar-refractivity contribution in [2.24, 2.45) is 0 Å². The van der Waals surface area contributed by atoms with Gasteiger partial charge in [-0.2, -0.15) is 0 Å². The highest BCUT2D eigenvalue weighted by atomic mass is 32.2. The van der Waals surface area contributed by atoms with Crippen molar-refractivity contribution in [3.05, 3.63) is 35.4 Å². The van der Waals surface area contributed by atoms with Crippen LogP contribution >= 0.6 is 23.1 Å². The van der Waals surface area contributed by atoms with Gasteiger partial charge in [0.25, 0.3) is 0 Å². The fourth-order valence-electron chi connectivity index (χ4n) is 2.29. The number of hydrogen-bond donors (Lipinski definition) is 3. The van der Waals surface area contributed by atoms with E-state index in [4.69, 9.17) is 20.6 Å². The monoisotopic (exact) mass is 419 g/mol. The maximum absolute atomic E-state index is 12.4. The van der Waals surface area contributed by atoms with Gasteiger partial charge in [-0.1, -0.05) is 11.8 Å². The van der Waals surface area contributed by atoms with E-state index in [0.29, 0.717) is 21.5 Å². The van der Waals surface area contributed by atoms with Crippen LogP contribution in [0, 0.1) is 0 Å². The number of hydrogen-bond acceptors (Lipinski definition) is 10. The maximum Gasteiger partial charge on any atom is 0.341 e. The number of furan rings is 1. The fourth-order valence-corrected chi connectivity index (χ4v) is 3.91. The number of carbonyl (C=O) groups is 2. The van der Waals surface area contributed by atoms with E-state index < -0.39 is 5.97 Å². The van der Waals surface area contributed by atoms with Crippen molar-refractivity contribution >= 4 is 51.6 Å². The van der Waals surface area contributed by atoms with Gasteiger partial charge in [0.2, 0.25) is 5.91 Å². The maximum atomic E-state index is 12.4. The highest BCUT2D eigenvalue weighted by Gasteiger charge is 2.24. The average Bonchev–Trinajstić information content (AvgIpc) is 3.29. The number of ether oxygens (including phenoxy) is 1. The number of nitrogens with two attached hydrogens (primary N) is 2. The molecule has 3 aromatic heterocycles. The molecule has 146 valence electrons. The summed E-state index contributed by atoms with van der Waals surface area (Å²) in [6, 6.07) is 4.87. The molecule has 0 atom stereocenters. The largest absolute Gasteiger partial charge is 0.464 e. The van der Waals surface area contributed by atoms with Crippen molar-refractivity contribution in [2.75, 3.05) is 29.1 Å². The van der Waals surface area contributed by atoms with Gasteiger partial charge >= 0.3 is 5.97 Å². The third kappa shape index (κ3) is 4.61. The van der Waals surface area contributed by atoms with Gasteiger partial charge in [-0.05, 0) is 19.1 Å². The number of rotatable bonds is 7. The molecular formula is C17H17N5O4S2. The number of thiophene rings is 1. The molecule has 3 heterocycles. The minimum atomic E-state index is -0.537. The summed E-state index contributed by atoms with van der Waals surface area (Å²) >= 11 is 2.29. The van der Waals surface area contributed by atoms with Crippen LogP contribution in [0.25, 0.3) is 11.3 Å². The van der Waals surface area contributed by atoms with Gasteiger partial charge in [0.15, 0.2) is 5.16 Å². The lowest BCUT2D eigenvalue weighted by molar-refractivity contribution is -0.113. The van der Waals surface area contributed by atoms with Crippen LogP contribution in [0.1, 0.15) is 17.3 Å².